The molecule has 1 amide bonds. The third-order valence-corrected chi connectivity index (χ3v) is 4.06. The average Bonchev–Trinajstić information content (AvgIpc) is 3.13. The van der Waals surface area contributed by atoms with Crippen molar-refractivity contribution >= 4 is 11.6 Å². The number of nitro benzene ring substituents is 1. The Morgan fingerprint density at radius 2 is 2.26 bits per heavy atom. The minimum atomic E-state index is -0.460. The number of rotatable bonds is 4. The van der Waals surface area contributed by atoms with Crippen molar-refractivity contribution in [1.29, 1.82) is 0 Å². The Balaban J connectivity index is 1.89. The Labute approximate surface area is 132 Å². The lowest BCUT2D eigenvalue weighted by atomic mass is 10.1. The Hall–Kier alpha value is -2.77. The number of carbonyl (C=O) groups excluding carboxylic acids is 1. The summed E-state index contributed by atoms with van der Waals surface area (Å²) < 4.78 is 5.29. The molecule has 8 heteroatoms. The van der Waals surface area contributed by atoms with Crippen LogP contribution >= 0.6 is 0 Å². The van der Waals surface area contributed by atoms with Crippen LogP contribution in [0.15, 0.2) is 22.7 Å². The van der Waals surface area contributed by atoms with E-state index in [4.69, 9.17) is 4.52 Å². The Kier molecular flexibility index (Phi) is 3.81. The molecule has 2 aromatic rings. The predicted molar refractivity (Wildman–Crippen MR) is 80.7 cm³/mol. The van der Waals surface area contributed by atoms with Crippen LogP contribution in [0.25, 0.3) is 11.4 Å². The third kappa shape index (κ3) is 2.79. The van der Waals surface area contributed by atoms with Crippen LogP contribution in [0.4, 0.5) is 5.69 Å². The quantitative estimate of drug-likeness (QED) is 0.633. The second kappa shape index (κ2) is 5.79. The molecule has 1 saturated heterocycles. The van der Waals surface area contributed by atoms with Crippen LogP contribution in [0, 0.1) is 17.0 Å². The smallest absolute Gasteiger partial charge is 0.270 e. The number of hydrogen-bond donors (Lipinski definition) is 0. The number of likely N-dealkylation sites (N-methyl/N-ethyl adjacent to an activating group) is 1. The normalized spacial score (nSPS) is 17.7. The van der Waals surface area contributed by atoms with Crippen molar-refractivity contribution in [1.82, 2.24) is 15.0 Å². The second-order valence-electron chi connectivity index (χ2n) is 5.55. The summed E-state index contributed by atoms with van der Waals surface area (Å²) in [6.45, 7) is 4.96. The van der Waals surface area contributed by atoms with Gasteiger partial charge in [-0.2, -0.15) is 4.98 Å². The fourth-order valence-corrected chi connectivity index (χ4v) is 2.72. The minimum Gasteiger partial charge on any atom is -0.342 e. The lowest BCUT2D eigenvalue weighted by molar-refractivity contribution is -0.384. The molecule has 1 unspecified atom stereocenters. The zero-order chi connectivity index (χ0) is 16.6. The van der Waals surface area contributed by atoms with Crippen molar-refractivity contribution in [3.63, 3.8) is 0 Å². The van der Waals surface area contributed by atoms with Crippen molar-refractivity contribution in [3.8, 4) is 11.4 Å². The van der Waals surface area contributed by atoms with Crippen LogP contribution in [0.3, 0.4) is 0 Å². The number of nitrogens with zero attached hydrogens (tertiary/aromatic N) is 4. The van der Waals surface area contributed by atoms with E-state index in [0.29, 0.717) is 36.8 Å². The first-order valence-electron chi connectivity index (χ1n) is 7.36. The summed E-state index contributed by atoms with van der Waals surface area (Å²) in [6.07, 6.45) is 0.351. The SMILES string of the molecule is CCN1CC(c2nc(-c3cc([N+](=O)[O-])ccc3C)no2)CC1=O. The molecule has 0 saturated carbocycles. The fraction of sp³-hybridized carbons (Fsp3) is 0.400. The summed E-state index contributed by atoms with van der Waals surface area (Å²) in [5.41, 5.74) is 1.36. The molecule has 1 aromatic heterocycles. The highest BCUT2D eigenvalue weighted by molar-refractivity contribution is 5.79. The highest BCUT2D eigenvalue weighted by atomic mass is 16.6. The zero-order valence-electron chi connectivity index (χ0n) is 12.9. The number of nitro groups is 1. The summed E-state index contributed by atoms with van der Waals surface area (Å²) in [4.78, 5) is 28.3. The third-order valence-electron chi connectivity index (χ3n) is 4.06. The molecular weight excluding hydrogens is 300 g/mol. The van der Waals surface area contributed by atoms with Gasteiger partial charge in [0.05, 0.1) is 10.8 Å². The monoisotopic (exact) mass is 316 g/mol. The maximum Gasteiger partial charge on any atom is 0.270 e. The summed E-state index contributed by atoms with van der Waals surface area (Å²) in [5.74, 6) is 0.658. The summed E-state index contributed by atoms with van der Waals surface area (Å²) in [5, 5.41) is 14.8. The average molecular weight is 316 g/mol. The van der Waals surface area contributed by atoms with Crippen LogP contribution in [-0.2, 0) is 4.79 Å². The maximum atomic E-state index is 11.8. The molecule has 1 aromatic carbocycles. The van der Waals surface area contributed by atoms with Crippen molar-refractivity contribution in [2.75, 3.05) is 13.1 Å². The molecule has 8 nitrogen and oxygen atoms in total. The predicted octanol–water partition coefficient (Wildman–Crippen LogP) is 2.29. The number of aryl methyl sites for hydroxylation is 1. The summed E-state index contributed by atoms with van der Waals surface area (Å²) in [7, 11) is 0. The molecule has 0 aliphatic carbocycles. The molecule has 3 rings (SSSR count). The van der Waals surface area contributed by atoms with E-state index in [1.54, 1.807) is 11.0 Å². The number of likely N-dealkylation sites (tertiary alicyclic amines) is 1. The fourth-order valence-electron chi connectivity index (χ4n) is 2.72. The first kappa shape index (κ1) is 15.1. The van der Waals surface area contributed by atoms with Crippen LogP contribution in [-0.4, -0.2) is 39.0 Å². The number of benzene rings is 1. The number of hydrogen-bond acceptors (Lipinski definition) is 6. The molecule has 120 valence electrons. The molecule has 1 fully saturated rings. The molecule has 23 heavy (non-hydrogen) atoms. The summed E-state index contributed by atoms with van der Waals surface area (Å²) in [6, 6.07) is 4.53. The number of amides is 1. The molecule has 1 atom stereocenters. The van der Waals surface area contributed by atoms with Gasteiger partial charge in [-0.25, -0.2) is 0 Å². The molecule has 1 aliphatic heterocycles. The highest BCUT2D eigenvalue weighted by Crippen LogP contribution is 2.30. The maximum absolute atomic E-state index is 11.8. The molecule has 1 aliphatic rings. The van der Waals surface area contributed by atoms with Gasteiger partial charge >= 0.3 is 0 Å². The van der Waals surface area contributed by atoms with Gasteiger partial charge in [0.15, 0.2) is 0 Å². The first-order chi connectivity index (χ1) is 11.0. The lowest BCUT2D eigenvalue weighted by Gasteiger charge is -2.11. The van der Waals surface area contributed by atoms with E-state index in [-0.39, 0.29) is 17.5 Å². The topological polar surface area (TPSA) is 102 Å². The van der Waals surface area contributed by atoms with Crippen molar-refractivity contribution in [3.05, 3.63) is 39.8 Å². The van der Waals surface area contributed by atoms with Crippen molar-refractivity contribution in [2.45, 2.75) is 26.2 Å². The van der Waals surface area contributed by atoms with E-state index in [9.17, 15) is 14.9 Å². The van der Waals surface area contributed by atoms with Gasteiger partial charge in [0.25, 0.3) is 5.69 Å². The largest absolute Gasteiger partial charge is 0.342 e. The van der Waals surface area contributed by atoms with E-state index in [1.165, 1.54) is 12.1 Å². The Morgan fingerprint density at radius 3 is 2.91 bits per heavy atom. The van der Waals surface area contributed by atoms with E-state index < -0.39 is 4.92 Å². The zero-order valence-corrected chi connectivity index (χ0v) is 12.9. The molecular formula is C15H16N4O4. The van der Waals surface area contributed by atoms with Crippen molar-refractivity contribution < 1.29 is 14.2 Å². The molecule has 0 spiro atoms. The Morgan fingerprint density at radius 1 is 1.48 bits per heavy atom. The second-order valence-corrected chi connectivity index (χ2v) is 5.55. The van der Waals surface area contributed by atoms with Crippen LogP contribution < -0.4 is 0 Å². The van der Waals surface area contributed by atoms with E-state index in [2.05, 4.69) is 10.1 Å². The standard InChI is InChI=1S/C15H16N4O4/c1-3-18-8-10(6-13(18)20)15-16-14(17-23-15)12-7-11(19(21)22)5-4-9(12)2/h4-5,7,10H,3,6,8H2,1-2H3. The van der Waals surface area contributed by atoms with E-state index >= 15 is 0 Å². The number of carbonyl (C=O) groups is 1. The van der Waals surface area contributed by atoms with Gasteiger partial charge in [-0.15, -0.1) is 0 Å². The van der Waals surface area contributed by atoms with Crippen molar-refractivity contribution in [2.24, 2.45) is 0 Å². The molecule has 0 bridgehead atoms. The first-order valence-corrected chi connectivity index (χ1v) is 7.36. The van der Waals surface area contributed by atoms with Gasteiger partial charge in [0.1, 0.15) is 0 Å². The van der Waals surface area contributed by atoms with Gasteiger partial charge in [-0.3, -0.25) is 14.9 Å². The van der Waals surface area contributed by atoms with Gasteiger partial charge in [-0.1, -0.05) is 11.2 Å². The van der Waals surface area contributed by atoms with Crippen LogP contribution in [0.1, 0.15) is 30.7 Å². The number of non-ortho nitro benzene ring substituents is 1. The van der Waals surface area contributed by atoms with E-state index in [0.717, 1.165) is 5.56 Å². The van der Waals surface area contributed by atoms with Crippen LogP contribution in [0.2, 0.25) is 0 Å². The van der Waals surface area contributed by atoms with Crippen LogP contribution in [0.5, 0.6) is 0 Å². The van der Waals surface area contributed by atoms with Gasteiger partial charge in [0, 0.05) is 37.2 Å². The lowest BCUT2D eigenvalue weighted by Crippen LogP contribution is -2.24. The highest BCUT2D eigenvalue weighted by Gasteiger charge is 2.33. The van der Waals surface area contributed by atoms with Gasteiger partial charge < -0.3 is 9.42 Å². The van der Waals surface area contributed by atoms with Gasteiger partial charge in [-0.05, 0) is 19.4 Å². The minimum absolute atomic E-state index is 0.0230. The van der Waals surface area contributed by atoms with E-state index in [1.807, 2.05) is 13.8 Å². The number of aromatic nitrogens is 2. The Bertz CT molecular complexity index is 771. The molecule has 0 radical (unpaired) electrons. The summed E-state index contributed by atoms with van der Waals surface area (Å²) >= 11 is 0. The van der Waals surface area contributed by atoms with Gasteiger partial charge in [0.2, 0.25) is 17.6 Å². The molecule has 0 N–H and O–H groups in total. The molecule has 2 heterocycles.